The first-order valence-corrected chi connectivity index (χ1v) is 13.9. The molecule has 0 aliphatic carbocycles. The average Bonchev–Trinajstić information content (AvgIpc) is 3.65. The maximum Gasteiger partial charge on any atom is 0.333 e. The fraction of sp³-hybridized carbons (Fsp3) is 0.114. The predicted molar refractivity (Wildman–Crippen MR) is 168 cm³/mol. The van der Waals surface area contributed by atoms with Gasteiger partial charge in [0.15, 0.2) is 0 Å². The molecule has 8 heteroatoms. The molecule has 4 aromatic heterocycles. The van der Waals surface area contributed by atoms with Gasteiger partial charge >= 0.3 is 5.69 Å². The van der Waals surface area contributed by atoms with Crippen molar-refractivity contribution in [2.45, 2.75) is 19.3 Å². The molecule has 8 nitrogen and oxygen atoms in total. The fourth-order valence-electron chi connectivity index (χ4n) is 5.42. The zero-order valence-electron chi connectivity index (χ0n) is 23.9. The Balaban J connectivity index is 1.30. The molecule has 0 fully saturated rings. The quantitative estimate of drug-likeness (QED) is 0.236. The van der Waals surface area contributed by atoms with Crippen LogP contribution in [-0.2, 0) is 12.5 Å². The number of rotatable bonds is 5. The lowest BCUT2D eigenvalue weighted by Gasteiger charge is -2.16. The van der Waals surface area contributed by atoms with E-state index in [-0.39, 0.29) is 5.69 Å². The normalized spacial score (nSPS) is 11.7. The lowest BCUT2D eigenvalue weighted by atomic mass is 9.86. The number of nitriles is 1. The molecule has 0 radical (unpaired) electrons. The van der Waals surface area contributed by atoms with Crippen molar-refractivity contribution in [1.82, 2.24) is 28.9 Å². The van der Waals surface area contributed by atoms with Crippen LogP contribution in [0.25, 0.3) is 55.7 Å². The largest absolute Gasteiger partial charge is 0.333 e. The molecular weight excluding hydrogens is 534 g/mol. The second-order valence-corrected chi connectivity index (χ2v) is 11.1. The number of nitrogens with zero attached hydrogens (tertiary/aromatic N) is 7. The summed E-state index contributed by atoms with van der Waals surface area (Å²) in [5.74, 6) is 0. The second kappa shape index (κ2) is 9.93. The number of pyridine rings is 2. The van der Waals surface area contributed by atoms with Gasteiger partial charge in [-0.15, -0.1) is 0 Å². The molecule has 0 spiro atoms. The van der Waals surface area contributed by atoms with Crippen molar-refractivity contribution in [3.8, 4) is 39.8 Å². The summed E-state index contributed by atoms with van der Waals surface area (Å²) < 4.78 is 5.18. The molecule has 7 rings (SSSR count). The van der Waals surface area contributed by atoms with Gasteiger partial charge in [-0.25, -0.2) is 9.48 Å². The lowest BCUT2D eigenvalue weighted by Crippen LogP contribution is -2.21. The maximum atomic E-state index is 13.5. The number of hydrogen-bond acceptors (Lipinski definition) is 5. The van der Waals surface area contributed by atoms with Crippen molar-refractivity contribution < 1.29 is 0 Å². The summed E-state index contributed by atoms with van der Waals surface area (Å²) in [4.78, 5) is 22.9. The van der Waals surface area contributed by atoms with E-state index in [1.807, 2.05) is 116 Å². The SMILES string of the molecule is Cn1c(=O)n(-c2ccc(C(C)(C)C#N)cc2)c2c3cc(-c4ccc(-c5cnn(-c6ccccc6)c5)nc4)ccc3ncc21. The van der Waals surface area contributed by atoms with Crippen molar-refractivity contribution in [3.05, 3.63) is 126 Å². The minimum atomic E-state index is -0.625. The van der Waals surface area contributed by atoms with E-state index in [1.165, 1.54) is 0 Å². The molecule has 7 aromatic rings. The minimum Gasteiger partial charge on any atom is -0.293 e. The van der Waals surface area contributed by atoms with Crippen molar-refractivity contribution >= 4 is 21.9 Å². The lowest BCUT2D eigenvalue weighted by molar-refractivity contribution is 0.686. The Kier molecular flexibility index (Phi) is 6.03. The second-order valence-electron chi connectivity index (χ2n) is 11.1. The van der Waals surface area contributed by atoms with Crippen molar-refractivity contribution in [2.75, 3.05) is 0 Å². The van der Waals surface area contributed by atoms with Gasteiger partial charge in [0.25, 0.3) is 0 Å². The Labute approximate surface area is 247 Å². The summed E-state index contributed by atoms with van der Waals surface area (Å²) in [6.45, 7) is 3.76. The molecule has 208 valence electrons. The van der Waals surface area contributed by atoms with E-state index in [0.29, 0.717) is 0 Å². The van der Waals surface area contributed by atoms with Crippen LogP contribution >= 0.6 is 0 Å². The van der Waals surface area contributed by atoms with E-state index in [1.54, 1.807) is 22.4 Å². The topological polar surface area (TPSA) is 94.3 Å². The van der Waals surface area contributed by atoms with Crippen LogP contribution in [0.5, 0.6) is 0 Å². The first-order chi connectivity index (χ1) is 20.8. The maximum absolute atomic E-state index is 13.5. The van der Waals surface area contributed by atoms with Gasteiger partial charge in [0.2, 0.25) is 0 Å². The molecule has 43 heavy (non-hydrogen) atoms. The summed E-state index contributed by atoms with van der Waals surface area (Å²) in [7, 11) is 1.76. The third-order valence-electron chi connectivity index (χ3n) is 8.01. The van der Waals surface area contributed by atoms with E-state index >= 15 is 0 Å². The summed E-state index contributed by atoms with van der Waals surface area (Å²) in [5.41, 5.74) is 7.80. The minimum absolute atomic E-state index is 0.163. The van der Waals surface area contributed by atoms with Crippen molar-refractivity contribution in [2.24, 2.45) is 7.05 Å². The van der Waals surface area contributed by atoms with Gasteiger partial charge in [-0.1, -0.05) is 42.5 Å². The number of aromatic nitrogens is 6. The molecule has 0 atom stereocenters. The molecule has 0 aliphatic heterocycles. The Bertz CT molecular complexity index is 2230. The highest BCUT2D eigenvalue weighted by molar-refractivity contribution is 6.04. The number of imidazole rings is 1. The summed E-state index contributed by atoms with van der Waals surface area (Å²) >= 11 is 0. The van der Waals surface area contributed by atoms with E-state index in [2.05, 4.69) is 22.2 Å². The molecule has 0 saturated heterocycles. The van der Waals surface area contributed by atoms with Gasteiger partial charge in [-0.2, -0.15) is 10.4 Å². The summed E-state index contributed by atoms with van der Waals surface area (Å²) in [5, 5.41) is 14.9. The Morgan fingerprint density at radius 3 is 2.28 bits per heavy atom. The van der Waals surface area contributed by atoms with Crippen molar-refractivity contribution in [3.63, 3.8) is 0 Å². The molecule has 4 heterocycles. The van der Waals surface area contributed by atoms with Crippen LogP contribution in [0.3, 0.4) is 0 Å². The van der Waals surface area contributed by atoms with Gasteiger partial charge in [0.1, 0.15) is 0 Å². The summed E-state index contributed by atoms with van der Waals surface area (Å²) in [6.07, 6.45) is 7.39. The standard InChI is InChI=1S/C35H27N7O/c1-35(2,22-36)26-11-13-28(14-12-26)42-33-29-17-23(9-16-31(29)38-20-32(33)40(3)34(42)43)24-10-15-30(37-18-24)25-19-39-41(21-25)27-7-5-4-6-8-27/h4-21H,1-3H3. The average molecular weight is 562 g/mol. The Morgan fingerprint density at radius 1 is 0.791 bits per heavy atom. The monoisotopic (exact) mass is 561 g/mol. The molecule has 0 N–H and O–H groups in total. The van der Waals surface area contributed by atoms with E-state index in [4.69, 9.17) is 4.98 Å². The number of benzene rings is 3. The Morgan fingerprint density at radius 2 is 1.56 bits per heavy atom. The number of fused-ring (bicyclic) bond motifs is 3. The molecule has 0 amide bonds. The number of para-hydroxylation sites is 1. The van der Waals surface area contributed by atoms with E-state index < -0.39 is 5.41 Å². The van der Waals surface area contributed by atoms with Crippen LogP contribution in [0.15, 0.2) is 115 Å². The smallest absolute Gasteiger partial charge is 0.293 e. The van der Waals surface area contributed by atoms with Gasteiger partial charge < -0.3 is 0 Å². The van der Waals surface area contributed by atoms with Crippen LogP contribution in [0.2, 0.25) is 0 Å². The van der Waals surface area contributed by atoms with Crippen LogP contribution in [0.1, 0.15) is 19.4 Å². The van der Waals surface area contributed by atoms with Gasteiger partial charge in [-0.05, 0) is 67.4 Å². The molecule has 0 unspecified atom stereocenters. The van der Waals surface area contributed by atoms with E-state index in [0.717, 1.165) is 61.3 Å². The summed E-state index contributed by atoms with van der Waals surface area (Å²) in [6, 6.07) is 30.0. The third-order valence-corrected chi connectivity index (χ3v) is 8.01. The zero-order chi connectivity index (χ0) is 29.7. The van der Waals surface area contributed by atoms with Gasteiger partial charge in [0.05, 0.1) is 57.5 Å². The van der Waals surface area contributed by atoms with Crippen LogP contribution in [-0.4, -0.2) is 28.9 Å². The highest BCUT2D eigenvalue weighted by Gasteiger charge is 2.21. The third kappa shape index (κ3) is 4.39. The number of aryl methyl sites for hydroxylation is 1. The highest BCUT2D eigenvalue weighted by atomic mass is 16.1. The van der Waals surface area contributed by atoms with Crippen LogP contribution < -0.4 is 5.69 Å². The molecular formula is C35H27N7O. The van der Waals surface area contributed by atoms with Crippen LogP contribution in [0.4, 0.5) is 0 Å². The molecule has 0 saturated carbocycles. The number of hydrogen-bond donors (Lipinski definition) is 0. The fourth-order valence-corrected chi connectivity index (χ4v) is 5.42. The zero-order valence-corrected chi connectivity index (χ0v) is 23.9. The molecule has 0 aliphatic rings. The molecule has 3 aromatic carbocycles. The Hall–Kier alpha value is -5.81. The molecule has 0 bridgehead atoms. The highest BCUT2D eigenvalue weighted by Crippen LogP contribution is 2.31. The van der Waals surface area contributed by atoms with Crippen molar-refractivity contribution in [1.29, 1.82) is 5.26 Å². The predicted octanol–water partition coefficient (Wildman–Crippen LogP) is 6.59. The first kappa shape index (κ1) is 26.1. The van der Waals surface area contributed by atoms with Gasteiger partial charge in [-0.3, -0.25) is 19.1 Å². The van der Waals surface area contributed by atoms with Gasteiger partial charge in [0, 0.05) is 36.0 Å². The first-order valence-electron chi connectivity index (χ1n) is 13.9. The van der Waals surface area contributed by atoms with Crippen LogP contribution in [0, 0.1) is 11.3 Å². The van der Waals surface area contributed by atoms with E-state index in [9.17, 15) is 10.1 Å².